The van der Waals surface area contributed by atoms with E-state index < -0.39 is 11.6 Å². The van der Waals surface area contributed by atoms with E-state index in [1.807, 2.05) is 0 Å². The van der Waals surface area contributed by atoms with E-state index in [2.05, 4.69) is 10.2 Å². The maximum Gasteiger partial charge on any atom is 0.165 e. The monoisotopic (exact) mass is 300 g/mol. The van der Waals surface area contributed by atoms with Crippen molar-refractivity contribution in [3.63, 3.8) is 0 Å². The minimum atomic E-state index is -0.732. The fourth-order valence-electron chi connectivity index (χ4n) is 1.74. The number of phenolic OH excluding ortho intramolecular Hbond substituents is 2. The fourth-order valence-corrected chi connectivity index (χ4v) is 1.74. The van der Waals surface area contributed by atoms with Crippen molar-refractivity contribution in [1.82, 2.24) is 0 Å². The molecule has 2 rings (SSSR count). The Morgan fingerprint density at radius 1 is 0.955 bits per heavy atom. The third kappa shape index (κ3) is 3.99. The van der Waals surface area contributed by atoms with Crippen LogP contribution in [0.2, 0.25) is 0 Å². The minimum Gasteiger partial charge on any atom is -0.508 e. The van der Waals surface area contributed by atoms with Crippen molar-refractivity contribution in [2.45, 2.75) is 6.42 Å². The lowest BCUT2D eigenvalue weighted by Gasteiger charge is -2.01. The summed E-state index contributed by atoms with van der Waals surface area (Å²) < 4.78 is 13.1. The molecule has 0 aliphatic rings. The summed E-state index contributed by atoms with van der Waals surface area (Å²) in [5.74, 6) is -1.11. The van der Waals surface area contributed by atoms with E-state index in [1.165, 1.54) is 30.6 Å². The average molecular weight is 300 g/mol. The quantitative estimate of drug-likeness (QED) is 0.505. The van der Waals surface area contributed by atoms with Crippen molar-refractivity contribution in [1.29, 1.82) is 0 Å². The van der Waals surface area contributed by atoms with Gasteiger partial charge >= 0.3 is 0 Å². The first-order valence-electron chi connectivity index (χ1n) is 6.40. The molecule has 0 aliphatic heterocycles. The highest BCUT2D eigenvalue weighted by atomic mass is 19.1. The Labute approximate surface area is 126 Å². The SMILES string of the molecule is O=CCc1cc(/C=N/N=C/c2ccc(O)c(F)c2)ccc1O. The van der Waals surface area contributed by atoms with E-state index in [9.17, 15) is 14.3 Å². The van der Waals surface area contributed by atoms with Gasteiger partial charge in [-0.1, -0.05) is 0 Å². The molecule has 112 valence electrons. The van der Waals surface area contributed by atoms with Gasteiger partial charge in [0.05, 0.1) is 12.4 Å². The minimum absolute atomic E-state index is 0.0484. The number of hydrogen-bond donors (Lipinski definition) is 2. The van der Waals surface area contributed by atoms with Crippen molar-refractivity contribution >= 4 is 18.7 Å². The van der Waals surface area contributed by atoms with Crippen LogP contribution in [0.15, 0.2) is 46.6 Å². The average Bonchev–Trinajstić information content (AvgIpc) is 2.50. The maximum atomic E-state index is 13.1. The molecule has 5 nitrogen and oxygen atoms in total. The summed E-state index contributed by atoms with van der Waals surface area (Å²) in [4.78, 5) is 10.5. The molecule has 0 fully saturated rings. The molecule has 0 saturated heterocycles. The van der Waals surface area contributed by atoms with E-state index in [1.54, 1.807) is 12.1 Å². The highest BCUT2D eigenvalue weighted by Crippen LogP contribution is 2.18. The van der Waals surface area contributed by atoms with Gasteiger partial charge in [0.25, 0.3) is 0 Å². The fraction of sp³-hybridized carbons (Fsp3) is 0.0625. The number of aromatic hydroxyl groups is 2. The van der Waals surface area contributed by atoms with Crippen molar-refractivity contribution < 1.29 is 19.4 Å². The molecule has 0 bridgehead atoms. The van der Waals surface area contributed by atoms with Gasteiger partial charge in [-0.05, 0) is 47.5 Å². The zero-order valence-corrected chi connectivity index (χ0v) is 11.5. The maximum absolute atomic E-state index is 13.1. The highest BCUT2D eigenvalue weighted by molar-refractivity contribution is 5.83. The lowest BCUT2D eigenvalue weighted by atomic mass is 10.1. The van der Waals surface area contributed by atoms with E-state index >= 15 is 0 Å². The molecule has 6 heteroatoms. The molecule has 0 aliphatic carbocycles. The Morgan fingerprint density at radius 2 is 1.55 bits per heavy atom. The van der Waals surface area contributed by atoms with Gasteiger partial charge in [0.1, 0.15) is 12.0 Å². The van der Waals surface area contributed by atoms with Crippen molar-refractivity contribution in [3.8, 4) is 11.5 Å². The second-order valence-electron chi connectivity index (χ2n) is 4.46. The smallest absolute Gasteiger partial charge is 0.165 e. The van der Waals surface area contributed by atoms with Crippen LogP contribution in [0.3, 0.4) is 0 Å². The summed E-state index contributed by atoms with van der Waals surface area (Å²) in [6.07, 6.45) is 3.60. The number of halogens is 1. The van der Waals surface area contributed by atoms with Gasteiger partial charge in [0.2, 0.25) is 0 Å². The van der Waals surface area contributed by atoms with Crippen LogP contribution in [0.5, 0.6) is 11.5 Å². The molecule has 2 aromatic carbocycles. The first-order valence-corrected chi connectivity index (χ1v) is 6.40. The van der Waals surface area contributed by atoms with Crippen LogP contribution in [-0.2, 0) is 11.2 Å². The number of carbonyl (C=O) groups is 1. The Morgan fingerprint density at radius 3 is 2.14 bits per heavy atom. The van der Waals surface area contributed by atoms with Crippen LogP contribution in [0.25, 0.3) is 0 Å². The molecule has 0 amide bonds. The first kappa shape index (κ1) is 15.4. The van der Waals surface area contributed by atoms with Gasteiger partial charge in [0.15, 0.2) is 11.6 Å². The number of rotatable bonds is 5. The van der Waals surface area contributed by atoms with Crippen LogP contribution in [0.1, 0.15) is 16.7 Å². The van der Waals surface area contributed by atoms with Crippen LogP contribution < -0.4 is 0 Å². The van der Waals surface area contributed by atoms with E-state index in [0.29, 0.717) is 23.0 Å². The van der Waals surface area contributed by atoms with Gasteiger partial charge in [-0.2, -0.15) is 10.2 Å². The summed E-state index contributed by atoms with van der Waals surface area (Å²) >= 11 is 0. The normalized spacial score (nSPS) is 11.3. The van der Waals surface area contributed by atoms with Crippen molar-refractivity contribution in [2.24, 2.45) is 10.2 Å². The molecular weight excluding hydrogens is 287 g/mol. The molecule has 2 N–H and O–H groups in total. The molecule has 2 aromatic rings. The predicted molar refractivity (Wildman–Crippen MR) is 81.1 cm³/mol. The second kappa shape index (κ2) is 7.12. The number of carbonyl (C=O) groups excluding carboxylic acids is 1. The van der Waals surface area contributed by atoms with Crippen molar-refractivity contribution in [3.05, 3.63) is 58.9 Å². The molecule has 0 saturated carbocycles. The number of nitrogens with zero attached hydrogens (tertiary/aromatic N) is 2. The zero-order chi connectivity index (χ0) is 15.9. The van der Waals surface area contributed by atoms with E-state index in [4.69, 9.17) is 5.11 Å². The largest absolute Gasteiger partial charge is 0.508 e. The molecule has 0 radical (unpaired) electrons. The van der Waals surface area contributed by atoms with Gasteiger partial charge in [-0.25, -0.2) is 4.39 Å². The zero-order valence-electron chi connectivity index (χ0n) is 11.5. The van der Waals surface area contributed by atoms with E-state index in [-0.39, 0.29) is 12.2 Å². The summed E-state index contributed by atoms with van der Waals surface area (Å²) in [7, 11) is 0. The van der Waals surface area contributed by atoms with Gasteiger partial charge in [0, 0.05) is 12.0 Å². The van der Waals surface area contributed by atoms with E-state index in [0.717, 1.165) is 6.07 Å². The number of aldehydes is 1. The van der Waals surface area contributed by atoms with Crippen LogP contribution in [-0.4, -0.2) is 28.9 Å². The molecule has 0 unspecified atom stereocenters. The number of benzene rings is 2. The lowest BCUT2D eigenvalue weighted by molar-refractivity contribution is -0.107. The van der Waals surface area contributed by atoms with Gasteiger partial charge < -0.3 is 15.0 Å². The number of hydrogen-bond acceptors (Lipinski definition) is 5. The molecule has 0 atom stereocenters. The Hall–Kier alpha value is -3.02. The first-order chi connectivity index (χ1) is 10.6. The van der Waals surface area contributed by atoms with Crippen LogP contribution >= 0.6 is 0 Å². The summed E-state index contributed by atoms with van der Waals surface area (Å²) in [6, 6.07) is 8.59. The topological polar surface area (TPSA) is 82.2 Å². The summed E-state index contributed by atoms with van der Waals surface area (Å²) in [5.41, 5.74) is 1.63. The molecular formula is C16H13FN2O3. The van der Waals surface area contributed by atoms with Gasteiger partial charge in [-0.3, -0.25) is 0 Å². The molecule has 0 spiro atoms. The predicted octanol–water partition coefficient (Wildman–Crippen LogP) is 2.43. The van der Waals surface area contributed by atoms with Crippen LogP contribution in [0.4, 0.5) is 4.39 Å². The standard InChI is InChI=1S/C16H13FN2O3/c17-14-8-12(2-4-16(14)22)10-19-18-9-11-1-3-15(21)13(7-11)5-6-20/h1-4,6-10,21-22H,5H2/b18-9+,19-10+. The molecule has 0 aromatic heterocycles. The number of phenols is 2. The molecule has 0 heterocycles. The Balaban J connectivity index is 2.08. The second-order valence-corrected chi connectivity index (χ2v) is 4.46. The Bertz CT molecular complexity index is 742. The lowest BCUT2D eigenvalue weighted by Crippen LogP contribution is -1.90. The Kier molecular flexibility index (Phi) is 4.98. The van der Waals surface area contributed by atoms with Crippen molar-refractivity contribution in [2.75, 3.05) is 0 Å². The third-order valence-electron chi connectivity index (χ3n) is 2.86. The summed E-state index contributed by atoms with van der Waals surface area (Å²) in [6.45, 7) is 0. The highest BCUT2D eigenvalue weighted by Gasteiger charge is 2.01. The third-order valence-corrected chi connectivity index (χ3v) is 2.86. The van der Waals surface area contributed by atoms with Gasteiger partial charge in [-0.15, -0.1) is 0 Å². The van der Waals surface area contributed by atoms with Crippen LogP contribution in [0, 0.1) is 5.82 Å². The molecule has 22 heavy (non-hydrogen) atoms. The summed E-state index contributed by atoms with van der Waals surface area (Å²) in [5, 5.41) is 26.2.